The van der Waals surface area contributed by atoms with Crippen LogP contribution in [0.5, 0.6) is 0 Å². The highest BCUT2D eigenvalue weighted by Crippen LogP contribution is 2.17. The molecule has 0 aliphatic heterocycles. The van der Waals surface area contributed by atoms with Gasteiger partial charge in [0.05, 0.1) is 0 Å². The molecule has 3 heteroatoms. The Bertz CT molecular complexity index is 308. The van der Waals surface area contributed by atoms with Crippen molar-refractivity contribution in [2.45, 2.75) is 44.7 Å². The highest BCUT2D eigenvalue weighted by molar-refractivity contribution is 5.10. The van der Waals surface area contributed by atoms with E-state index < -0.39 is 0 Å². The lowest BCUT2D eigenvalue weighted by molar-refractivity contribution is 0.369. The third kappa shape index (κ3) is 2.99. The minimum Gasteiger partial charge on any atom is -0.310 e. The van der Waals surface area contributed by atoms with Crippen molar-refractivity contribution in [2.75, 3.05) is 0 Å². The summed E-state index contributed by atoms with van der Waals surface area (Å²) >= 11 is 0. The van der Waals surface area contributed by atoms with Crippen molar-refractivity contribution in [3.8, 4) is 0 Å². The van der Waals surface area contributed by atoms with Crippen molar-refractivity contribution in [3.63, 3.8) is 0 Å². The Labute approximate surface area is 89.9 Å². The fraction of sp³-hybridized carbons (Fsp3) is 0.583. The first-order chi connectivity index (χ1) is 7.36. The van der Waals surface area contributed by atoms with Gasteiger partial charge in [-0.15, -0.1) is 0 Å². The summed E-state index contributed by atoms with van der Waals surface area (Å²) in [5.74, 6) is -0.346. The molecule has 82 valence electrons. The second-order valence-electron chi connectivity index (χ2n) is 4.17. The SMILES string of the molecule is Fc1ncccc1CNC1CCCCC1. The molecule has 0 saturated heterocycles. The summed E-state index contributed by atoms with van der Waals surface area (Å²) in [6.07, 6.45) is 7.88. The molecule has 0 bridgehead atoms. The predicted octanol–water partition coefficient (Wildman–Crippen LogP) is 2.64. The maximum atomic E-state index is 13.2. The van der Waals surface area contributed by atoms with Crippen LogP contribution in [0.2, 0.25) is 0 Å². The van der Waals surface area contributed by atoms with Crippen LogP contribution >= 0.6 is 0 Å². The van der Waals surface area contributed by atoms with Gasteiger partial charge in [-0.25, -0.2) is 4.98 Å². The van der Waals surface area contributed by atoms with Gasteiger partial charge < -0.3 is 5.32 Å². The number of pyridine rings is 1. The van der Waals surface area contributed by atoms with Crippen molar-refractivity contribution in [1.29, 1.82) is 0 Å². The fourth-order valence-electron chi connectivity index (χ4n) is 2.11. The minimum atomic E-state index is -0.346. The van der Waals surface area contributed by atoms with Crippen molar-refractivity contribution in [3.05, 3.63) is 29.8 Å². The average Bonchev–Trinajstić information content (AvgIpc) is 2.29. The van der Waals surface area contributed by atoms with E-state index in [1.54, 1.807) is 12.1 Å². The average molecular weight is 208 g/mol. The minimum absolute atomic E-state index is 0.346. The molecule has 1 N–H and O–H groups in total. The summed E-state index contributed by atoms with van der Waals surface area (Å²) in [5, 5.41) is 3.40. The van der Waals surface area contributed by atoms with Crippen LogP contribution in [-0.2, 0) is 6.54 Å². The highest BCUT2D eigenvalue weighted by atomic mass is 19.1. The van der Waals surface area contributed by atoms with E-state index >= 15 is 0 Å². The number of hydrogen-bond donors (Lipinski definition) is 1. The normalized spacial score (nSPS) is 17.9. The van der Waals surface area contributed by atoms with Gasteiger partial charge in [0.1, 0.15) is 0 Å². The molecule has 1 aliphatic rings. The molecule has 1 aliphatic carbocycles. The quantitative estimate of drug-likeness (QED) is 0.772. The number of halogens is 1. The van der Waals surface area contributed by atoms with E-state index in [0.717, 1.165) is 0 Å². The van der Waals surface area contributed by atoms with Crippen molar-refractivity contribution in [1.82, 2.24) is 10.3 Å². The first kappa shape index (κ1) is 10.6. The van der Waals surface area contributed by atoms with E-state index in [-0.39, 0.29) is 5.95 Å². The van der Waals surface area contributed by atoms with Gasteiger partial charge in [0.25, 0.3) is 0 Å². The van der Waals surface area contributed by atoms with Gasteiger partial charge >= 0.3 is 0 Å². The molecular formula is C12H17FN2. The van der Waals surface area contributed by atoms with Gasteiger partial charge in [-0.1, -0.05) is 25.3 Å². The lowest BCUT2D eigenvalue weighted by Crippen LogP contribution is -2.30. The van der Waals surface area contributed by atoms with Gasteiger partial charge in [-0.2, -0.15) is 4.39 Å². The van der Waals surface area contributed by atoms with Gasteiger partial charge in [-0.05, 0) is 18.9 Å². The Hall–Kier alpha value is -0.960. The lowest BCUT2D eigenvalue weighted by Gasteiger charge is -2.22. The van der Waals surface area contributed by atoms with Gasteiger partial charge in [0.15, 0.2) is 0 Å². The summed E-state index contributed by atoms with van der Waals surface area (Å²) in [5.41, 5.74) is 0.670. The zero-order chi connectivity index (χ0) is 10.5. The molecule has 1 aromatic heterocycles. The molecule has 0 atom stereocenters. The Morgan fingerprint density at radius 2 is 2.13 bits per heavy atom. The van der Waals surface area contributed by atoms with Crippen molar-refractivity contribution < 1.29 is 4.39 Å². The molecule has 2 rings (SSSR count). The van der Waals surface area contributed by atoms with Crippen molar-refractivity contribution >= 4 is 0 Å². The zero-order valence-electron chi connectivity index (χ0n) is 8.88. The third-order valence-electron chi connectivity index (χ3n) is 3.02. The van der Waals surface area contributed by atoms with Crippen LogP contribution in [0.1, 0.15) is 37.7 Å². The van der Waals surface area contributed by atoms with E-state index in [0.29, 0.717) is 18.2 Å². The monoisotopic (exact) mass is 208 g/mol. The molecule has 1 heterocycles. The molecule has 1 fully saturated rings. The maximum Gasteiger partial charge on any atom is 0.217 e. The van der Waals surface area contributed by atoms with Crippen LogP contribution < -0.4 is 5.32 Å². The molecular weight excluding hydrogens is 191 g/mol. The number of aromatic nitrogens is 1. The van der Waals surface area contributed by atoms with Crippen LogP contribution in [-0.4, -0.2) is 11.0 Å². The Morgan fingerprint density at radius 3 is 2.87 bits per heavy atom. The van der Waals surface area contributed by atoms with Crippen LogP contribution in [0, 0.1) is 5.95 Å². The highest BCUT2D eigenvalue weighted by Gasteiger charge is 2.13. The van der Waals surface area contributed by atoms with E-state index in [2.05, 4.69) is 10.3 Å². The van der Waals surface area contributed by atoms with Crippen LogP contribution in [0.4, 0.5) is 4.39 Å². The Balaban J connectivity index is 1.84. The molecule has 2 nitrogen and oxygen atoms in total. The maximum absolute atomic E-state index is 13.2. The van der Waals surface area contributed by atoms with E-state index in [1.807, 2.05) is 0 Å². The smallest absolute Gasteiger partial charge is 0.217 e. The molecule has 0 aromatic carbocycles. The molecule has 0 spiro atoms. The second-order valence-corrected chi connectivity index (χ2v) is 4.17. The lowest BCUT2D eigenvalue weighted by atomic mass is 9.95. The first-order valence-electron chi connectivity index (χ1n) is 5.69. The van der Waals surface area contributed by atoms with Gasteiger partial charge in [0, 0.05) is 24.3 Å². The summed E-state index contributed by atoms with van der Waals surface area (Å²) in [6.45, 7) is 0.602. The fourth-order valence-corrected chi connectivity index (χ4v) is 2.11. The molecule has 1 aromatic rings. The summed E-state index contributed by atoms with van der Waals surface area (Å²) in [6, 6.07) is 4.14. The summed E-state index contributed by atoms with van der Waals surface area (Å²) in [4.78, 5) is 3.64. The predicted molar refractivity (Wildman–Crippen MR) is 57.9 cm³/mol. The zero-order valence-corrected chi connectivity index (χ0v) is 8.88. The van der Waals surface area contributed by atoms with Crippen LogP contribution in [0.15, 0.2) is 18.3 Å². The topological polar surface area (TPSA) is 24.9 Å². The first-order valence-corrected chi connectivity index (χ1v) is 5.69. The Kier molecular flexibility index (Phi) is 3.67. The Morgan fingerprint density at radius 1 is 1.33 bits per heavy atom. The largest absolute Gasteiger partial charge is 0.310 e. The van der Waals surface area contributed by atoms with E-state index in [9.17, 15) is 4.39 Å². The number of rotatable bonds is 3. The molecule has 1 saturated carbocycles. The number of hydrogen-bond acceptors (Lipinski definition) is 2. The number of nitrogens with one attached hydrogen (secondary N) is 1. The van der Waals surface area contributed by atoms with Crippen LogP contribution in [0.25, 0.3) is 0 Å². The standard InChI is InChI=1S/C12H17FN2/c13-12-10(5-4-8-14-12)9-15-11-6-2-1-3-7-11/h4-5,8,11,15H,1-3,6-7,9H2. The van der Waals surface area contributed by atoms with Crippen LogP contribution in [0.3, 0.4) is 0 Å². The summed E-state index contributed by atoms with van der Waals surface area (Å²) < 4.78 is 13.2. The molecule has 15 heavy (non-hydrogen) atoms. The molecule has 0 radical (unpaired) electrons. The summed E-state index contributed by atoms with van der Waals surface area (Å²) in [7, 11) is 0. The molecule has 0 unspecified atom stereocenters. The van der Waals surface area contributed by atoms with Crippen molar-refractivity contribution in [2.24, 2.45) is 0 Å². The van der Waals surface area contributed by atoms with Gasteiger partial charge in [-0.3, -0.25) is 0 Å². The second kappa shape index (κ2) is 5.21. The number of nitrogens with zero attached hydrogens (tertiary/aromatic N) is 1. The van der Waals surface area contributed by atoms with E-state index in [1.165, 1.54) is 38.3 Å². The van der Waals surface area contributed by atoms with Gasteiger partial charge in [0.2, 0.25) is 5.95 Å². The third-order valence-corrected chi connectivity index (χ3v) is 3.02. The van der Waals surface area contributed by atoms with E-state index in [4.69, 9.17) is 0 Å². The molecule has 0 amide bonds.